The summed E-state index contributed by atoms with van der Waals surface area (Å²) >= 11 is 0. The molecule has 0 aromatic heterocycles. The first-order valence-corrected chi connectivity index (χ1v) is 5.09. The lowest BCUT2D eigenvalue weighted by Crippen LogP contribution is -2.14. The molecule has 2 nitrogen and oxygen atoms in total. The van der Waals surface area contributed by atoms with Gasteiger partial charge in [-0.2, -0.15) is 0 Å². The number of anilines is 2. The van der Waals surface area contributed by atoms with Crippen molar-refractivity contribution in [2.24, 2.45) is 0 Å². The Bertz CT molecular complexity index is 365. The summed E-state index contributed by atoms with van der Waals surface area (Å²) in [5.41, 5.74) is 4.92. The number of hydrogen-bond acceptors (Lipinski definition) is 2. The van der Waals surface area contributed by atoms with Gasteiger partial charge in [-0.25, -0.2) is 0 Å². The molecule has 0 aliphatic rings. The van der Waals surface area contributed by atoms with Crippen LogP contribution in [0, 0.1) is 6.92 Å². The summed E-state index contributed by atoms with van der Waals surface area (Å²) in [4.78, 5) is 4.25. The molecule has 0 atom stereocenters. The van der Waals surface area contributed by atoms with Gasteiger partial charge in [0.1, 0.15) is 0 Å². The maximum atomic E-state index is 3.85. The van der Waals surface area contributed by atoms with Gasteiger partial charge in [0.05, 0.1) is 0 Å². The largest absolute Gasteiger partial charge is 0.377 e. The summed E-state index contributed by atoms with van der Waals surface area (Å²) in [6, 6.07) is 4.38. The van der Waals surface area contributed by atoms with Crippen molar-refractivity contribution in [3.63, 3.8) is 0 Å². The molecule has 0 fully saturated rings. The summed E-state index contributed by atoms with van der Waals surface area (Å²) in [5.74, 6) is 0. The minimum Gasteiger partial charge on any atom is -0.377 e. The predicted molar refractivity (Wildman–Crippen MR) is 69.9 cm³/mol. The van der Waals surface area contributed by atoms with Crippen LogP contribution in [-0.2, 0) is 0 Å². The fourth-order valence-corrected chi connectivity index (χ4v) is 1.74. The molecule has 82 valence electrons. The van der Waals surface area contributed by atoms with Gasteiger partial charge < -0.3 is 9.80 Å². The zero-order valence-corrected chi connectivity index (χ0v) is 10.3. The zero-order chi connectivity index (χ0) is 11.6. The van der Waals surface area contributed by atoms with Gasteiger partial charge in [0.2, 0.25) is 0 Å². The van der Waals surface area contributed by atoms with Crippen LogP contribution in [0.3, 0.4) is 0 Å². The highest BCUT2D eigenvalue weighted by Crippen LogP contribution is 2.29. The number of benzene rings is 1. The molecule has 0 N–H and O–H groups in total. The molecule has 15 heavy (non-hydrogen) atoms. The average molecular weight is 204 g/mol. The first-order valence-electron chi connectivity index (χ1n) is 5.09. The number of rotatable bonds is 3. The van der Waals surface area contributed by atoms with Gasteiger partial charge in [0, 0.05) is 39.6 Å². The highest BCUT2D eigenvalue weighted by Gasteiger charge is 2.08. The molecule has 0 saturated carbocycles. The van der Waals surface area contributed by atoms with E-state index in [0.717, 1.165) is 0 Å². The smallest absolute Gasteiger partial charge is 0.0455 e. The van der Waals surface area contributed by atoms with Crippen molar-refractivity contribution in [1.29, 1.82) is 0 Å². The monoisotopic (exact) mass is 204 g/mol. The molecule has 0 radical (unpaired) electrons. The van der Waals surface area contributed by atoms with Gasteiger partial charge in [-0.3, -0.25) is 0 Å². The normalized spacial score (nSPS) is 9.93. The van der Waals surface area contributed by atoms with Gasteiger partial charge in [-0.15, -0.1) is 0 Å². The van der Waals surface area contributed by atoms with E-state index in [1.54, 1.807) is 0 Å². The van der Waals surface area contributed by atoms with Crippen LogP contribution in [0.15, 0.2) is 18.7 Å². The number of nitrogens with zero attached hydrogens (tertiary/aromatic N) is 2. The molecule has 0 aliphatic carbocycles. The fraction of sp³-hybridized carbons (Fsp3) is 0.385. The second kappa shape index (κ2) is 4.39. The maximum Gasteiger partial charge on any atom is 0.0455 e. The molecule has 0 heterocycles. The minimum atomic E-state index is 1.18. The van der Waals surface area contributed by atoms with Crippen molar-refractivity contribution in [3.8, 4) is 0 Å². The van der Waals surface area contributed by atoms with Crippen LogP contribution in [0.2, 0.25) is 0 Å². The molecule has 1 rings (SSSR count). The molecule has 0 unspecified atom stereocenters. The summed E-state index contributed by atoms with van der Waals surface area (Å²) < 4.78 is 0. The van der Waals surface area contributed by atoms with E-state index in [0.29, 0.717) is 0 Å². The third-order valence-corrected chi connectivity index (χ3v) is 2.53. The highest BCUT2D eigenvalue weighted by molar-refractivity contribution is 5.73. The summed E-state index contributed by atoms with van der Waals surface area (Å²) in [7, 11) is 8.24. The van der Waals surface area contributed by atoms with Crippen LogP contribution < -0.4 is 9.80 Å². The minimum absolute atomic E-state index is 1.18. The van der Waals surface area contributed by atoms with Crippen LogP contribution in [-0.4, -0.2) is 28.2 Å². The molecule has 0 saturated heterocycles. The predicted octanol–water partition coefficient (Wildman–Crippen LogP) is 2.77. The highest BCUT2D eigenvalue weighted by atomic mass is 15.1. The van der Waals surface area contributed by atoms with Crippen LogP contribution in [0.4, 0.5) is 11.4 Å². The molecular formula is C13H20N2. The zero-order valence-electron chi connectivity index (χ0n) is 10.3. The molecule has 0 aliphatic heterocycles. The van der Waals surface area contributed by atoms with Crippen molar-refractivity contribution in [2.75, 3.05) is 38.0 Å². The maximum absolute atomic E-state index is 3.85. The SMILES string of the molecule is C=Cc1cc(C)c(N(C)C)cc1N(C)C. The van der Waals surface area contributed by atoms with Crippen LogP contribution in [0.5, 0.6) is 0 Å². The Hall–Kier alpha value is -1.44. The summed E-state index contributed by atoms with van der Waals surface area (Å²) in [6.07, 6.45) is 1.90. The molecule has 1 aromatic rings. The molecule has 0 bridgehead atoms. The number of aryl methyl sites for hydroxylation is 1. The third-order valence-electron chi connectivity index (χ3n) is 2.53. The second-order valence-electron chi connectivity index (χ2n) is 4.19. The van der Waals surface area contributed by atoms with Crippen molar-refractivity contribution in [1.82, 2.24) is 0 Å². The Morgan fingerprint density at radius 1 is 1.00 bits per heavy atom. The van der Waals surface area contributed by atoms with Gasteiger partial charge in [-0.05, 0) is 30.2 Å². The Morgan fingerprint density at radius 3 is 1.93 bits per heavy atom. The van der Waals surface area contributed by atoms with E-state index >= 15 is 0 Å². The first-order chi connectivity index (χ1) is 6.97. The summed E-state index contributed by atoms with van der Waals surface area (Å²) in [6.45, 7) is 5.98. The van der Waals surface area contributed by atoms with Crippen LogP contribution in [0.1, 0.15) is 11.1 Å². The summed E-state index contributed by atoms with van der Waals surface area (Å²) in [5, 5.41) is 0. The van der Waals surface area contributed by atoms with Gasteiger partial charge in [0.25, 0.3) is 0 Å². The van der Waals surface area contributed by atoms with Crippen molar-refractivity contribution < 1.29 is 0 Å². The van der Waals surface area contributed by atoms with Crippen molar-refractivity contribution in [2.45, 2.75) is 6.92 Å². The van der Waals surface area contributed by atoms with Gasteiger partial charge in [-0.1, -0.05) is 12.7 Å². The Morgan fingerprint density at radius 2 is 1.53 bits per heavy atom. The quantitative estimate of drug-likeness (QED) is 0.747. The van der Waals surface area contributed by atoms with E-state index in [2.05, 4.69) is 63.6 Å². The van der Waals surface area contributed by atoms with E-state index in [1.807, 2.05) is 6.08 Å². The van der Waals surface area contributed by atoms with Crippen LogP contribution >= 0.6 is 0 Å². The lowest BCUT2D eigenvalue weighted by Gasteiger charge is -2.22. The number of hydrogen-bond donors (Lipinski definition) is 0. The van der Waals surface area contributed by atoms with E-state index in [1.165, 1.54) is 22.5 Å². The molecule has 1 aromatic carbocycles. The molecule has 0 spiro atoms. The van der Waals surface area contributed by atoms with E-state index < -0.39 is 0 Å². The lowest BCUT2D eigenvalue weighted by molar-refractivity contribution is 1.09. The second-order valence-corrected chi connectivity index (χ2v) is 4.19. The van der Waals surface area contributed by atoms with Gasteiger partial charge >= 0.3 is 0 Å². The van der Waals surface area contributed by atoms with Crippen molar-refractivity contribution >= 4 is 17.5 Å². The van der Waals surface area contributed by atoms with Crippen molar-refractivity contribution in [3.05, 3.63) is 29.8 Å². The fourth-order valence-electron chi connectivity index (χ4n) is 1.74. The standard InChI is InChI=1S/C13H20N2/c1-7-11-8-10(2)12(14(3)4)9-13(11)15(5)6/h7-9H,1H2,2-6H3. The molecule has 2 heteroatoms. The van der Waals surface area contributed by atoms with E-state index in [4.69, 9.17) is 0 Å². The Labute approximate surface area is 92.8 Å². The average Bonchev–Trinajstić information content (AvgIpc) is 2.16. The van der Waals surface area contributed by atoms with Crippen LogP contribution in [0.25, 0.3) is 6.08 Å². The third kappa shape index (κ3) is 2.32. The first kappa shape index (κ1) is 11.6. The Balaban J connectivity index is 3.36. The van der Waals surface area contributed by atoms with Gasteiger partial charge in [0.15, 0.2) is 0 Å². The lowest BCUT2D eigenvalue weighted by atomic mass is 10.1. The van der Waals surface area contributed by atoms with E-state index in [9.17, 15) is 0 Å². The molecular weight excluding hydrogens is 184 g/mol. The topological polar surface area (TPSA) is 6.48 Å². The molecule has 0 amide bonds. The van der Waals surface area contributed by atoms with E-state index in [-0.39, 0.29) is 0 Å². The Kier molecular flexibility index (Phi) is 3.40.